The Morgan fingerprint density at radius 1 is 1.28 bits per heavy atom. The van der Waals surface area contributed by atoms with E-state index in [4.69, 9.17) is 5.73 Å². The molecule has 0 aliphatic carbocycles. The van der Waals surface area contributed by atoms with E-state index in [0.717, 1.165) is 35.7 Å². The zero-order valence-electron chi connectivity index (χ0n) is 10.4. The Bertz CT molecular complexity index is 416. The number of nitrogens with two attached hydrogens (primary N) is 1. The first-order valence-electron chi connectivity index (χ1n) is 6.11. The van der Waals surface area contributed by atoms with Gasteiger partial charge in [0.05, 0.1) is 13.2 Å². The fraction of sp³-hybridized carbons (Fsp3) is 0.462. The normalized spacial score (nSPS) is 16.9. The highest BCUT2D eigenvalue weighted by atomic mass is 32.2. The number of aliphatic hydroxyl groups excluding tert-OH is 1. The molecule has 1 saturated heterocycles. The van der Waals surface area contributed by atoms with Crippen molar-refractivity contribution in [3.63, 3.8) is 0 Å². The number of benzene rings is 1. The van der Waals surface area contributed by atoms with Crippen LogP contribution in [0, 0.1) is 0 Å². The number of nitrogens with zero attached hydrogens (tertiary/aromatic N) is 2. The number of hydrogen-bond donors (Lipinski definition) is 2. The molecule has 0 amide bonds. The first-order chi connectivity index (χ1) is 8.81. The number of aliphatic imine (C=N–C) groups is 1. The molecule has 98 valence electrons. The standard InChI is InChI=1S/C13H19N3OS/c14-13(16-5-7-18-8-6-16)15-9-11-3-1-2-4-12(11)10-17/h1-4,17H,5-10H2,(H2,14,15). The lowest BCUT2D eigenvalue weighted by atomic mass is 10.1. The van der Waals surface area contributed by atoms with Gasteiger partial charge in [-0.25, -0.2) is 4.99 Å². The number of thioether (sulfide) groups is 1. The van der Waals surface area contributed by atoms with E-state index in [9.17, 15) is 5.11 Å². The molecule has 1 aromatic rings. The smallest absolute Gasteiger partial charge is 0.191 e. The summed E-state index contributed by atoms with van der Waals surface area (Å²) in [6, 6.07) is 7.77. The zero-order valence-corrected chi connectivity index (χ0v) is 11.2. The predicted octanol–water partition coefficient (Wildman–Crippen LogP) is 1.04. The van der Waals surface area contributed by atoms with E-state index in [1.54, 1.807) is 0 Å². The molecular weight excluding hydrogens is 246 g/mol. The Morgan fingerprint density at radius 3 is 2.61 bits per heavy atom. The summed E-state index contributed by atoms with van der Waals surface area (Å²) < 4.78 is 0. The van der Waals surface area contributed by atoms with Crippen LogP contribution in [-0.2, 0) is 13.2 Å². The van der Waals surface area contributed by atoms with Gasteiger partial charge < -0.3 is 15.7 Å². The Kier molecular flexibility index (Phi) is 4.90. The maximum absolute atomic E-state index is 9.24. The van der Waals surface area contributed by atoms with Crippen LogP contribution in [0.3, 0.4) is 0 Å². The van der Waals surface area contributed by atoms with Crippen LogP contribution in [0.25, 0.3) is 0 Å². The van der Waals surface area contributed by atoms with E-state index in [0.29, 0.717) is 12.5 Å². The minimum atomic E-state index is 0.0476. The summed E-state index contributed by atoms with van der Waals surface area (Å²) in [5.41, 5.74) is 7.95. The molecule has 1 aliphatic heterocycles. The molecular formula is C13H19N3OS. The monoisotopic (exact) mass is 265 g/mol. The van der Waals surface area contributed by atoms with E-state index in [-0.39, 0.29) is 6.61 Å². The number of rotatable bonds is 3. The van der Waals surface area contributed by atoms with Gasteiger partial charge in [-0.2, -0.15) is 11.8 Å². The van der Waals surface area contributed by atoms with Gasteiger partial charge in [-0.05, 0) is 11.1 Å². The number of guanidine groups is 1. The maximum atomic E-state index is 9.24. The number of aliphatic hydroxyl groups is 1. The van der Waals surface area contributed by atoms with Crippen molar-refractivity contribution in [3.05, 3.63) is 35.4 Å². The highest BCUT2D eigenvalue weighted by molar-refractivity contribution is 7.99. The van der Waals surface area contributed by atoms with Crippen molar-refractivity contribution in [1.29, 1.82) is 0 Å². The maximum Gasteiger partial charge on any atom is 0.191 e. The lowest BCUT2D eigenvalue weighted by molar-refractivity contribution is 0.280. The van der Waals surface area contributed by atoms with Gasteiger partial charge in [0, 0.05) is 24.6 Å². The molecule has 0 radical (unpaired) electrons. The van der Waals surface area contributed by atoms with Crippen molar-refractivity contribution in [1.82, 2.24) is 4.90 Å². The van der Waals surface area contributed by atoms with Crippen LogP contribution in [0.5, 0.6) is 0 Å². The largest absolute Gasteiger partial charge is 0.392 e. The third-order valence-electron chi connectivity index (χ3n) is 3.04. The van der Waals surface area contributed by atoms with Crippen molar-refractivity contribution in [2.45, 2.75) is 13.2 Å². The lowest BCUT2D eigenvalue weighted by Gasteiger charge is -2.27. The average molecular weight is 265 g/mol. The van der Waals surface area contributed by atoms with Crippen LogP contribution in [0.4, 0.5) is 0 Å². The summed E-state index contributed by atoms with van der Waals surface area (Å²) in [6.45, 7) is 2.53. The van der Waals surface area contributed by atoms with E-state index in [2.05, 4.69) is 9.89 Å². The highest BCUT2D eigenvalue weighted by Gasteiger charge is 2.12. The van der Waals surface area contributed by atoms with Crippen LogP contribution >= 0.6 is 11.8 Å². The topological polar surface area (TPSA) is 61.9 Å². The summed E-state index contributed by atoms with van der Waals surface area (Å²) in [6.07, 6.45) is 0. The van der Waals surface area contributed by atoms with Gasteiger partial charge in [0.15, 0.2) is 5.96 Å². The van der Waals surface area contributed by atoms with Crippen LogP contribution in [0.2, 0.25) is 0 Å². The second-order valence-electron chi connectivity index (χ2n) is 4.20. The fourth-order valence-corrected chi connectivity index (χ4v) is 2.83. The molecule has 0 bridgehead atoms. The minimum absolute atomic E-state index is 0.0476. The molecule has 0 aromatic heterocycles. The quantitative estimate of drug-likeness (QED) is 0.633. The Labute approximate surface area is 112 Å². The van der Waals surface area contributed by atoms with Gasteiger partial charge in [-0.3, -0.25) is 0 Å². The van der Waals surface area contributed by atoms with Crippen molar-refractivity contribution in [2.24, 2.45) is 10.7 Å². The molecule has 1 aliphatic rings. The van der Waals surface area contributed by atoms with Gasteiger partial charge >= 0.3 is 0 Å². The van der Waals surface area contributed by atoms with Crippen LogP contribution in [0.15, 0.2) is 29.3 Å². The molecule has 2 rings (SSSR count). The molecule has 0 unspecified atom stereocenters. The van der Waals surface area contributed by atoms with Gasteiger partial charge in [0.2, 0.25) is 0 Å². The average Bonchev–Trinajstić information content (AvgIpc) is 2.46. The van der Waals surface area contributed by atoms with E-state index < -0.39 is 0 Å². The molecule has 1 heterocycles. The molecule has 3 N–H and O–H groups in total. The predicted molar refractivity (Wildman–Crippen MR) is 76.6 cm³/mol. The summed E-state index contributed by atoms with van der Waals surface area (Å²) in [4.78, 5) is 6.55. The van der Waals surface area contributed by atoms with E-state index in [1.165, 1.54) is 0 Å². The van der Waals surface area contributed by atoms with Gasteiger partial charge in [0.1, 0.15) is 0 Å². The molecule has 0 atom stereocenters. The van der Waals surface area contributed by atoms with Crippen LogP contribution < -0.4 is 5.73 Å². The van der Waals surface area contributed by atoms with Crippen molar-refractivity contribution in [3.8, 4) is 0 Å². The minimum Gasteiger partial charge on any atom is -0.392 e. The lowest BCUT2D eigenvalue weighted by Crippen LogP contribution is -2.42. The van der Waals surface area contributed by atoms with Gasteiger partial charge in [-0.1, -0.05) is 24.3 Å². The van der Waals surface area contributed by atoms with Crippen LogP contribution in [-0.4, -0.2) is 40.6 Å². The zero-order chi connectivity index (χ0) is 12.8. The molecule has 5 heteroatoms. The van der Waals surface area contributed by atoms with Crippen molar-refractivity contribution >= 4 is 17.7 Å². The SMILES string of the molecule is NC(=NCc1ccccc1CO)N1CCSCC1. The molecule has 1 fully saturated rings. The molecule has 0 spiro atoms. The van der Waals surface area contributed by atoms with Gasteiger partial charge in [0.25, 0.3) is 0 Å². The Morgan fingerprint density at radius 2 is 1.94 bits per heavy atom. The summed E-state index contributed by atoms with van der Waals surface area (Å²) >= 11 is 1.95. The Hall–Kier alpha value is -1.20. The van der Waals surface area contributed by atoms with E-state index >= 15 is 0 Å². The Balaban J connectivity index is 2.00. The third kappa shape index (κ3) is 3.40. The number of hydrogen-bond acceptors (Lipinski definition) is 3. The van der Waals surface area contributed by atoms with Crippen molar-refractivity contribution in [2.75, 3.05) is 24.6 Å². The first-order valence-corrected chi connectivity index (χ1v) is 7.27. The highest BCUT2D eigenvalue weighted by Crippen LogP contribution is 2.11. The molecule has 0 saturated carbocycles. The second-order valence-corrected chi connectivity index (χ2v) is 5.43. The van der Waals surface area contributed by atoms with Crippen LogP contribution in [0.1, 0.15) is 11.1 Å². The summed E-state index contributed by atoms with van der Waals surface area (Å²) in [5.74, 6) is 2.84. The van der Waals surface area contributed by atoms with E-state index in [1.807, 2.05) is 36.0 Å². The second kappa shape index (κ2) is 6.66. The third-order valence-corrected chi connectivity index (χ3v) is 3.98. The molecule has 4 nitrogen and oxygen atoms in total. The fourth-order valence-electron chi connectivity index (χ4n) is 1.92. The molecule has 1 aromatic carbocycles. The summed E-state index contributed by atoms with van der Waals surface area (Å²) in [5, 5.41) is 9.24. The van der Waals surface area contributed by atoms with Crippen molar-refractivity contribution < 1.29 is 5.11 Å². The molecule has 18 heavy (non-hydrogen) atoms. The van der Waals surface area contributed by atoms with Gasteiger partial charge in [-0.15, -0.1) is 0 Å². The first kappa shape index (κ1) is 13.2. The summed E-state index contributed by atoms with van der Waals surface area (Å²) in [7, 11) is 0.